The molecule has 2 aromatic rings. The first-order chi connectivity index (χ1) is 13.9. The number of nitrogens with zero attached hydrogens (tertiary/aromatic N) is 2. The highest BCUT2D eigenvalue weighted by atomic mass is 35.5. The van der Waals surface area contributed by atoms with Gasteiger partial charge in [-0.05, 0) is 29.8 Å². The van der Waals surface area contributed by atoms with Gasteiger partial charge in [-0.3, -0.25) is 14.4 Å². The molecule has 2 aromatic carbocycles. The zero-order chi connectivity index (χ0) is 21.0. The van der Waals surface area contributed by atoms with Crippen molar-refractivity contribution in [3.8, 4) is 0 Å². The molecule has 1 N–H and O–H groups in total. The molecule has 3 rings (SSSR count). The Labute approximate surface area is 173 Å². The number of halogens is 2. The third-order valence-corrected chi connectivity index (χ3v) is 5.14. The molecule has 1 fully saturated rings. The molecular weight excluding hydrogens is 397 g/mol. The summed E-state index contributed by atoms with van der Waals surface area (Å²) in [6.07, 6.45) is 0. The van der Waals surface area contributed by atoms with Crippen molar-refractivity contribution in [1.82, 2.24) is 10.2 Å². The zero-order valence-corrected chi connectivity index (χ0v) is 16.7. The van der Waals surface area contributed by atoms with Gasteiger partial charge in [0.1, 0.15) is 5.82 Å². The lowest BCUT2D eigenvalue weighted by atomic mass is 10.1. The van der Waals surface area contributed by atoms with Crippen molar-refractivity contribution in [3.63, 3.8) is 0 Å². The first-order valence-corrected chi connectivity index (χ1v) is 9.62. The zero-order valence-electron chi connectivity index (χ0n) is 15.9. The summed E-state index contributed by atoms with van der Waals surface area (Å²) in [6.45, 7) is 2.69. The van der Waals surface area contributed by atoms with Gasteiger partial charge in [0.25, 0.3) is 0 Å². The number of carbonyl (C=O) groups excluding carboxylic acids is 3. The van der Waals surface area contributed by atoms with Gasteiger partial charge in [0.2, 0.25) is 5.91 Å². The lowest BCUT2D eigenvalue weighted by molar-refractivity contribution is -0.147. The molecule has 0 spiro atoms. The minimum atomic E-state index is -0.624. The minimum absolute atomic E-state index is 0.135. The van der Waals surface area contributed by atoms with Crippen LogP contribution >= 0.6 is 11.6 Å². The Kier molecular flexibility index (Phi) is 6.49. The smallest absolute Gasteiger partial charge is 0.316 e. The summed E-state index contributed by atoms with van der Waals surface area (Å²) < 4.78 is 13.1. The van der Waals surface area contributed by atoms with Gasteiger partial charge in [-0.15, -0.1) is 0 Å². The van der Waals surface area contributed by atoms with E-state index in [-0.39, 0.29) is 24.0 Å². The minimum Gasteiger partial charge on any atom is -0.352 e. The van der Waals surface area contributed by atoms with Gasteiger partial charge in [0, 0.05) is 36.9 Å². The molecule has 1 heterocycles. The van der Waals surface area contributed by atoms with Gasteiger partial charge in [0.15, 0.2) is 0 Å². The van der Waals surface area contributed by atoms with Crippen LogP contribution in [0.25, 0.3) is 0 Å². The Bertz CT molecular complexity index is 923. The van der Waals surface area contributed by atoms with Crippen molar-refractivity contribution >= 4 is 35.0 Å². The molecule has 1 atom stereocenters. The number of para-hydroxylation sites is 1. The second-order valence-electron chi connectivity index (χ2n) is 6.90. The normalized spacial score (nSPS) is 15.4. The highest BCUT2D eigenvalue weighted by molar-refractivity contribution is 6.41. The fraction of sp³-hybridized carbons (Fsp3) is 0.286. The van der Waals surface area contributed by atoms with Crippen molar-refractivity contribution in [2.45, 2.75) is 13.5 Å². The van der Waals surface area contributed by atoms with Gasteiger partial charge in [0.05, 0.1) is 5.92 Å². The van der Waals surface area contributed by atoms with Crippen LogP contribution in [0, 0.1) is 11.7 Å². The molecule has 0 bridgehead atoms. The first-order valence-electron chi connectivity index (χ1n) is 9.24. The second-order valence-corrected chi connectivity index (χ2v) is 7.31. The lowest BCUT2D eigenvalue weighted by Crippen LogP contribution is -2.56. The van der Waals surface area contributed by atoms with E-state index in [9.17, 15) is 18.8 Å². The Hall–Kier alpha value is -2.93. The summed E-state index contributed by atoms with van der Waals surface area (Å²) >= 11 is 5.96. The quantitative estimate of drug-likeness (QED) is 0.734. The average Bonchev–Trinajstić information content (AvgIpc) is 2.71. The van der Waals surface area contributed by atoms with Crippen LogP contribution in [0.1, 0.15) is 12.5 Å². The maximum atomic E-state index is 13.1. The number of anilines is 1. The lowest BCUT2D eigenvalue weighted by Gasteiger charge is -2.34. The summed E-state index contributed by atoms with van der Waals surface area (Å²) in [5.74, 6) is -2.48. The van der Waals surface area contributed by atoms with E-state index in [0.717, 1.165) is 0 Å². The predicted molar refractivity (Wildman–Crippen MR) is 108 cm³/mol. The van der Waals surface area contributed by atoms with Crippen molar-refractivity contribution in [2.24, 2.45) is 5.92 Å². The molecule has 1 aliphatic heterocycles. The molecule has 1 aliphatic rings. The third kappa shape index (κ3) is 4.92. The molecule has 3 amide bonds. The van der Waals surface area contributed by atoms with Crippen LogP contribution in [0.5, 0.6) is 0 Å². The number of piperazine rings is 1. The van der Waals surface area contributed by atoms with E-state index in [0.29, 0.717) is 24.3 Å². The fourth-order valence-electron chi connectivity index (χ4n) is 3.14. The Morgan fingerprint density at radius 1 is 1.14 bits per heavy atom. The molecule has 1 saturated heterocycles. The number of benzene rings is 2. The number of amides is 3. The van der Waals surface area contributed by atoms with Gasteiger partial charge in [-0.2, -0.15) is 0 Å². The summed E-state index contributed by atoms with van der Waals surface area (Å²) in [5, 5.41) is 2.96. The second kappa shape index (κ2) is 9.05. The number of hydrogen-bond acceptors (Lipinski definition) is 3. The Morgan fingerprint density at radius 2 is 1.86 bits per heavy atom. The van der Waals surface area contributed by atoms with E-state index in [1.165, 1.54) is 28.0 Å². The van der Waals surface area contributed by atoms with E-state index in [1.807, 2.05) is 6.07 Å². The Balaban J connectivity index is 1.55. The Morgan fingerprint density at radius 3 is 2.55 bits per heavy atom. The van der Waals surface area contributed by atoms with Gasteiger partial charge in [-0.25, -0.2) is 4.39 Å². The van der Waals surface area contributed by atoms with Crippen molar-refractivity contribution in [1.29, 1.82) is 0 Å². The fourth-order valence-corrected chi connectivity index (χ4v) is 3.37. The van der Waals surface area contributed by atoms with E-state index in [2.05, 4.69) is 5.32 Å². The largest absolute Gasteiger partial charge is 0.352 e. The van der Waals surface area contributed by atoms with Crippen LogP contribution in [-0.2, 0) is 20.9 Å². The number of rotatable bonds is 6. The maximum Gasteiger partial charge on any atom is 0.316 e. The van der Waals surface area contributed by atoms with Crippen LogP contribution in [0.4, 0.5) is 10.1 Å². The monoisotopic (exact) mass is 417 g/mol. The number of nitrogens with one attached hydrogen (secondary N) is 1. The molecule has 0 radical (unpaired) electrons. The molecule has 1 unspecified atom stereocenters. The topological polar surface area (TPSA) is 69.7 Å². The van der Waals surface area contributed by atoms with Crippen LogP contribution < -0.4 is 10.2 Å². The van der Waals surface area contributed by atoms with Crippen molar-refractivity contribution in [2.75, 3.05) is 24.5 Å². The number of hydrogen-bond donors (Lipinski definition) is 1. The molecule has 152 valence electrons. The summed E-state index contributed by atoms with van der Waals surface area (Å²) in [5.41, 5.74) is 1.27. The standard InChI is InChI=1S/C21H21ClFN3O3/c1-14(19(27)24-12-15-7-8-16(23)11-18(15)22)13-25-9-10-26(21(29)20(25)28)17-5-3-2-4-6-17/h2-8,11,14H,9-10,12-13H2,1H3,(H,24,27). The van der Waals surface area contributed by atoms with Crippen LogP contribution in [0.3, 0.4) is 0 Å². The van der Waals surface area contributed by atoms with Crippen LogP contribution in [0.15, 0.2) is 48.5 Å². The molecule has 6 nitrogen and oxygen atoms in total. The first kappa shape index (κ1) is 20.8. The summed E-state index contributed by atoms with van der Waals surface area (Å²) in [6, 6.07) is 13.0. The van der Waals surface area contributed by atoms with Crippen molar-refractivity contribution in [3.05, 3.63) is 64.9 Å². The predicted octanol–water partition coefficient (Wildman–Crippen LogP) is 2.61. The molecule has 8 heteroatoms. The molecule has 0 aromatic heterocycles. The molecule has 0 aliphatic carbocycles. The van der Waals surface area contributed by atoms with E-state index in [4.69, 9.17) is 11.6 Å². The highest BCUT2D eigenvalue weighted by Gasteiger charge is 2.34. The maximum absolute atomic E-state index is 13.1. The summed E-state index contributed by atoms with van der Waals surface area (Å²) in [7, 11) is 0. The molecular formula is C21H21ClFN3O3. The average molecular weight is 418 g/mol. The van der Waals surface area contributed by atoms with Crippen molar-refractivity contribution < 1.29 is 18.8 Å². The SMILES string of the molecule is CC(CN1CCN(c2ccccc2)C(=O)C1=O)C(=O)NCc1ccc(F)cc1Cl. The summed E-state index contributed by atoms with van der Waals surface area (Å²) in [4.78, 5) is 40.2. The van der Waals surface area contributed by atoms with E-state index in [1.54, 1.807) is 31.2 Å². The third-order valence-electron chi connectivity index (χ3n) is 4.79. The number of carbonyl (C=O) groups is 3. The van der Waals surface area contributed by atoms with Crippen LogP contribution in [-0.4, -0.2) is 42.3 Å². The molecule has 0 saturated carbocycles. The van der Waals surface area contributed by atoms with Gasteiger partial charge in [-0.1, -0.05) is 42.8 Å². The van der Waals surface area contributed by atoms with Crippen LogP contribution in [0.2, 0.25) is 5.02 Å². The highest BCUT2D eigenvalue weighted by Crippen LogP contribution is 2.19. The van der Waals surface area contributed by atoms with E-state index < -0.39 is 23.5 Å². The van der Waals surface area contributed by atoms with E-state index >= 15 is 0 Å². The van der Waals surface area contributed by atoms with Gasteiger partial charge < -0.3 is 15.1 Å². The molecule has 29 heavy (non-hydrogen) atoms. The van der Waals surface area contributed by atoms with Gasteiger partial charge >= 0.3 is 11.8 Å².